The molecule has 1 saturated carbocycles. The van der Waals surface area contributed by atoms with Crippen LogP contribution in [0.3, 0.4) is 0 Å². The van der Waals surface area contributed by atoms with Crippen molar-refractivity contribution in [3.8, 4) is 5.75 Å². The molecule has 2 rings (SSSR count). The molecule has 1 aromatic rings. The quantitative estimate of drug-likeness (QED) is 0.495. The molecular formula is C20H31ClN2O3. The highest BCUT2D eigenvalue weighted by Gasteiger charge is 2.26. The van der Waals surface area contributed by atoms with Gasteiger partial charge in [-0.3, -0.25) is 0 Å². The van der Waals surface area contributed by atoms with E-state index in [0.29, 0.717) is 40.9 Å². The number of rotatable bonds is 8. The molecule has 1 aromatic carbocycles. The summed E-state index contributed by atoms with van der Waals surface area (Å²) in [6.45, 7) is 6.36. The minimum absolute atomic E-state index is 0.184. The molecule has 0 spiro atoms. The molecule has 1 aliphatic rings. The topological polar surface area (TPSA) is 73.6 Å². The maximum Gasteiger partial charge on any atom is 0.344 e. The molecule has 0 saturated heterocycles. The molecular weight excluding hydrogens is 352 g/mol. The first-order valence-corrected chi connectivity index (χ1v) is 9.94. The van der Waals surface area contributed by atoms with Crippen LogP contribution in [-0.4, -0.2) is 25.2 Å². The van der Waals surface area contributed by atoms with Crippen molar-refractivity contribution >= 4 is 28.9 Å². The van der Waals surface area contributed by atoms with Gasteiger partial charge < -0.3 is 20.5 Å². The van der Waals surface area contributed by atoms with Crippen LogP contribution in [0.25, 0.3) is 0 Å². The second kappa shape index (κ2) is 9.91. The Bertz CT molecular complexity index is 601. The van der Waals surface area contributed by atoms with Gasteiger partial charge >= 0.3 is 5.97 Å². The Balaban J connectivity index is 2.08. The third kappa shape index (κ3) is 5.70. The van der Waals surface area contributed by atoms with Crippen molar-refractivity contribution in [2.24, 2.45) is 11.8 Å². The summed E-state index contributed by atoms with van der Waals surface area (Å²) in [5.41, 5.74) is 7.60. The number of benzene rings is 1. The summed E-state index contributed by atoms with van der Waals surface area (Å²) in [4.78, 5) is 11.4. The van der Waals surface area contributed by atoms with Crippen molar-refractivity contribution in [3.63, 3.8) is 0 Å². The van der Waals surface area contributed by atoms with E-state index in [1.165, 1.54) is 32.1 Å². The van der Waals surface area contributed by atoms with Gasteiger partial charge in [-0.05, 0) is 37.7 Å². The van der Waals surface area contributed by atoms with Crippen LogP contribution >= 0.6 is 11.6 Å². The van der Waals surface area contributed by atoms with Crippen LogP contribution in [0.15, 0.2) is 12.1 Å². The molecule has 0 amide bonds. The smallest absolute Gasteiger partial charge is 0.344 e. The summed E-state index contributed by atoms with van der Waals surface area (Å²) in [5.74, 6) is 1.11. The normalized spacial score (nSPS) is 16.3. The number of halogens is 1. The SMILES string of the molecule is CCOC(=O)COc1cc(N)c(NC(C(C)C)C2CCCCC2)cc1Cl. The van der Waals surface area contributed by atoms with E-state index in [2.05, 4.69) is 19.2 Å². The lowest BCUT2D eigenvalue weighted by atomic mass is 9.79. The molecule has 1 aliphatic carbocycles. The summed E-state index contributed by atoms with van der Waals surface area (Å²) in [6.07, 6.45) is 6.44. The molecule has 0 aromatic heterocycles. The fraction of sp³-hybridized carbons (Fsp3) is 0.650. The fourth-order valence-electron chi connectivity index (χ4n) is 3.65. The van der Waals surface area contributed by atoms with Crippen LogP contribution < -0.4 is 15.8 Å². The number of hydrogen-bond acceptors (Lipinski definition) is 5. The Labute approximate surface area is 161 Å². The lowest BCUT2D eigenvalue weighted by Crippen LogP contribution is -2.35. The van der Waals surface area contributed by atoms with Crippen molar-refractivity contribution in [1.29, 1.82) is 0 Å². The molecule has 0 radical (unpaired) electrons. The maximum atomic E-state index is 11.4. The van der Waals surface area contributed by atoms with Crippen molar-refractivity contribution in [2.45, 2.75) is 58.9 Å². The molecule has 146 valence electrons. The van der Waals surface area contributed by atoms with E-state index >= 15 is 0 Å². The second-order valence-corrected chi connectivity index (χ2v) is 7.68. The summed E-state index contributed by atoms with van der Waals surface area (Å²) >= 11 is 6.34. The Morgan fingerprint density at radius 3 is 2.62 bits per heavy atom. The van der Waals surface area contributed by atoms with E-state index in [1.54, 1.807) is 19.1 Å². The number of nitrogens with one attached hydrogen (secondary N) is 1. The van der Waals surface area contributed by atoms with Gasteiger partial charge in [-0.15, -0.1) is 0 Å². The molecule has 0 heterocycles. The number of ether oxygens (including phenoxy) is 2. The Morgan fingerprint density at radius 2 is 2.00 bits per heavy atom. The average molecular weight is 383 g/mol. The van der Waals surface area contributed by atoms with Crippen LogP contribution in [0.2, 0.25) is 5.02 Å². The van der Waals surface area contributed by atoms with Gasteiger partial charge in [-0.25, -0.2) is 4.79 Å². The number of carbonyl (C=O) groups excluding carboxylic acids is 1. The van der Waals surface area contributed by atoms with Crippen LogP contribution in [0.5, 0.6) is 5.75 Å². The number of esters is 1. The summed E-state index contributed by atoms with van der Waals surface area (Å²) in [6, 6.07) is 3.82. The fourth-order valence-corrected chi connectivity index (χ4v) is 3.86. The minimum atomic E-state index is -0.429. The standard InChI is InChI=1S/C20H31ClN2O3/c1-4-25-19(24)12-26-18-11-16(22)17(10-15(18)21)23-20(13(2)3)14-8-6-5-7-9-14/h10-11,13-14,20,23H,4-9,12,22H2,1-3H3. The van der Waals surface area contributed by atoms with Crippen molar-refractivity contribution in [2.75, 3.05) is 24.3 Å². The zero-order chi connectivity index (χ0) is 19.1. The van der Waals surface area contributed by atoms with Gasteiger partial charge in [0.15, 0.2) is 6.61 Å². The number of anilines is 2. The predicted octanol–water partition coefficient (Wildman–Crippen LogP) is 4.88. The molecule has 26 heavy (non-hydrogen) atoms. The van der Waals surface area contributed by atoms with Crippen LogP contribution in [0.4, 0.5) is 11.4 Å². The predicted molar refractivity (Wildman–Crippen MR) is 107 cm³/mol. The first kappa shape index (κ1) is 20.7. The Kier molecular flexibility index (Phi) is 7.88. The van der Waals surface area contributed by atoms with Crippen molar-refractivity contribution in [3.05, 3.63) is 17.2 Å². The molecule has 1 atom stereocenters. The third-order valence-corrected chi connectivity index (χ3v) is 5.25. The first-order chi connectivity index (χ1) is 12.4. The van der Waals surface area contributed by atoms with E-state index in [9.17, 15) is 4.79 Å². The summed E-state index contributed by atoms with van der Waals surface area (Å²) in [7, 11) is 0. The molecule has 0 aliphatic heterocycles. The molecule has 1 fully saturated rings. The van der Waals surface area contributed by atoms with Gasteiger partial charge in [-0.2, -0.15) is 0 Å². The largest absolute Gasteiger partial charge is 0.480 e. The van der Waals surface area contributed by atoms with E-state index in [-0.39, 0.29) is 6.61 Å². The third-order valence-electron chi connectivity index (χ3n) is 4.95. The summed E-state index contributed by atoms with van der Waals surface area (Å²) < 4.78 is 10.3. The van der Waals surface area contributed by atoms with E-state index in [0.717, 1.165) is 5.69 Å². The van der Waals surface area contributed by atoms with Gasteiger partial charge in [0.1, 0.15) is 5.75 Å². The number of nitrogen functional groups attached to an aromatic ring is 1. The lowest BCUT2D eigenvalue weighted by molar-refractivity contribution is -0.145. The van der Waals surface area contributed by atoms with Crippen molar-refractivity contribution < 1.29 is 14.3 Å². The van der Waals surface area contributed by atoms with E-state index < -0.39 is 5.97 Å². The monoisotopic (exact) mass is 382 g/mol. The average Bonchev–Trinajstić information content (AvgIpc) is 2.61. The van der Waals surface area contributed by atoms with Crippen LogP contribution in [-0.2, 0) is 9.53 Å². The number of nitrogens with two attached hydrogens (primary N) is 1. The highest BCUT2D eigenvalue weighted by molar-refractivity contribution is 6.32. The first-order valence-electron chi connectivity index (χ1n) is 9.56. The van der Waals surface area contributed by atoms with Gasteiger partial charge in [0.2, 0.25) is 0 Å². The lowest BCUT2D eigenvalue weighted by Gasteiger charge is -2.34. The zero-order valence-corrected chi connectivity index (χ0v) is 16.8. The van der Waals surface area contributed by atoms with Gasteiger partial charge in [-0.1, -0.05) is 44.7 Å². The van der Waals surface area contributed by atoms with Gasteiger partial charge in [0, 0.05) is 12.1 Å². The number of hydrogen-bond donors (Lipinski definition) is 2. The molecule has 3 N–H and O–H groups in total. The zero-order valence-electron chi connectivity index (χ0n) is 16.0. The molecule has 1 unspecified atom stereocenters. The molecule has 0 bridgehead atoms. The summed E-state index contributed by atoms with van der Waals surface area (Å²) in [5, 5.41) is 4.04. The maximum absolute atomic E-state index is 11.4. The van der Waals surface area contributed by atoms with Crippen molar-refractivity contribution in [1.82, 2.24) is 0 Å². The van der Waals surface area contributed by atoms with Gasteiger partial charge in [0.25, 0.3) is 0 Å². The highest BCUT2D eigenvalue weighted by Crippen LogP contribution is 2.36. The second-order valence-electron chi connectivity index (χ2n) is 7.28. The van der Waals surface area contributed by atoms with E-state index in [1.807, 2.05) is 0 Å². The van der Waals surface area contributed by atoms with Gasteiger partial charge in [0.05, 0.1) is 23.0 Å². The van der Waals surface area contributed by atoms with E-state index in [4.69, 9.17) is 26.8 Å². The highest BCUT2D eigenvalue weighted by atomic mass is 35.5. The Morgan fingerprint density at radius 1 is 1.31 bits per heavy atom. The minimum Gasteiger partial charge on any atom is -0.480 e. The van der Waals surface area contributed by atoms with Crippen LogP contribution in [0, 0.1) is 11.8 Å². The molecule has 6 heteroatoms. The van der Waals surface area contributed by atoms with Crippen LogP contribution in [0.1, 0.15) is 52.9 Å². The Hall–Kier alpha value is -1.62. The number of carbonyl (C=O) groups is 1. The molecule has 5 nitrogen and oxygen atoms in total.